The molecule has 0 spiro atoms. The molecule has 3 saturated carbocycles. The fourth-order valence-electron chi connectivity index (χ4n) is 8.06. The Morgan fingerprint density at radius 1 is 0.926 bits per heavy atom. The molecule has 1 aromatic heterocycles. The summed E-state index contributed by atoms with van der Waals surface area (Å²) in [7, 11) is 0. The molecule has 7 heteroatoms. The minimum atomic E-state index is -0.903. The first-order valence-corrected chi connectivity index (χ1v) is 21.7. The number of aryl methyl sites for hydroxylation is 1. The van der Waals surface area contributed by atoms with Crippen LogP contribution in [0.25, 0.3) is 23.1 Å². The van der Waals surface area contributed by atoms with E-state index >= 15 is 0 Å². The number of nitrogens with zero attached hydrogens (tertiary/aromatic N) is 1. The van der Waals surface area contributed by atoms with Gasteiger partial charge in [-0.1, -0.05) is 117 Å². The van der Waals surface area contributed by atoms with Crippen molar-refractivity contribution in [3.63, 3.8) is 0 Å². The predicted molar refractivity (Wildman–Crippen MR) is 228 cm³/mol. The van der Waals surface area contributed by atoms with Crippen molar-refractivity contribution in [3.8, 4) is 0 Å². The highest BCUT2D eigenvalue weighted by Gasteiger charge is 2.46. The van der Waals surface area contributed by atoms with Crippen molar-refractivity contribution in [2.75, 3.05) is 5.75 Å². The molecule has 3 fully saturated rings. The molecular formula is C47H59ClN2O3S. The molecule has 3 aliphatic carbocycles. The molecule has 0 amide bonds. The fraction of sp³-hybridized carbons (Fsp3) is 0.489. The molecule has 288 valence electrons. The Morgan fingerprint density at radius 2 is 1.61 bits per heavy atom. The van der Waals surface area contributed by atoms with Gasteiger partial charge in [0.05, 0.1) is 16.8 Å². The zero-order chi connectivity index (χ0) is 38.0. The van der Waals surface area contributed by atoms with E-state index in [2.05, 4.69) is 47.8 Å². The van der Waals surface area contributed by atoms with Crippen molar-refractivity contribution in [2.45, 2.75) is 139 Å². The highest BCUT2D eigenvalue weighted by atomic mass is 35.5. The molecule has 3 aromatic carbocycles. The maximum absolute atomic E-state index is 11.7. The van der Waals surface area contributed by atoms with Gasteiger partial charge in [-0.2, -0.15) is 0 Å². The van der Waals surface area contributed by atoms with Crippen LogP contribution in [0.4, 0.5) is 0 Å². The molecular weight excluding hydrogens is 708 g/mol. The van der Waals surface area contributed by atoms with E-state index in [9.17, 15) is 9.90 Å². The summed E-state index contributed by atoms with van der Waals surface area (Å²) in [5.41, 5.74) is 4.96. The van der Waals surface area contributed by atoms with Crippen molar-refractivity contribution >= 4 is 52.4 Å². The zero-order valence-corrected chi connectivity index (χ0v) is 34.1. The lowest BCUT2D eigenvalue weighted by molar-refractivity contribution is -0.147. The molecule has 54 heavy (non-hydrogen) atoms. The van der Waals surface area contributed by atoms with Crippen molar-refractivity contribution < 1.29 is 14.6 Å². The van der Waals surface area contributed by atoms with Crippen molar-refractivity contribution in [1.29, 1.82) is 0 Å². The number of thioether (sulfide) groups is 1. The largest absolute Gasteiger partial charge is 0.458 e. The summed E-state index contributed by atoms with van der Waals surface area (Å²) < 4.78 is 5.69. The normalized spacial score (nSPS) is 18.2. The number of aliphatic hydroxyl groups is 1. The van der Waals surface area contributed by atoms with Crippen LogP contribution in [0.1, 0.15) is 137 Å². The minimum absolute atomic E-state index is 0.201. The highest BCUT2D eigenvalue weighted by molar-refractivity contribution is 7.99. The zero-order valence-electron chi connectivity index (χ0n) is 32.5. The Kier molecular flexibility index (Phi) is 14.3. The van der Waals surface area contributed by atoms with Gasteiger partial charge in [0, 0.05) is 40.4 Å². The van der Waals surface area contributed by atoms with Crippen LogP contribution in [0.3, 0.4) is 0 Å². The quantitative estimate of drug-likeness (QED) is 0.132. The molecule has 0 radical (unpaired) electrons. The molecule has 0 aliphatic heterocycles. The van der Waals surface area contributed by atoms with Crippen LogP contribution in [0, 0.1) is 0 Å². The van der Waals surface area contributed by atoms with Gasteiger partial charge in [0.25, 0.3) is 0 Å². The van der Waals surface area contributed by atoms with Gasteiger partial charge in [0.2, 0.25) is 0 Å². The standard InChI is InChI=1S/C35H36ClNO3S.C12H23N/c1-24(38)40-35(19-20-35)23-41-33(18-14-26-8-4-5-10-31(26)34(2,3)39)28-9-6-7-25(21-28)11-16-30-17-13-27-12-15-29(36)22-32(27)37-30;1-3-7-11(8-4-1)13-12-9-5-2-6-10-12/h4-13,15-17,21-22,33,39H,14,18-20,23H2,1-3H3;11-13H,1-10H2/b16-11+;. The summed E-state index contributed by atoms with van der Waals surface area (Å²) in [6.07, 6.45) is 22.3. The average Bonchev–Trinajstić information content (AvgIpc) is 3.93. The van der Waals surface area contributed by atoms with E-state index in [-0.39, 0.29) is 16.8 Å². The summed E-state index contributed by atoms with van der Waals surface area (Å²) >= 11 is 8.03. The van der Waals surface area contributed by atoms with E-state index in [4.69, 9.17) is 21.3 Å². The van der Waals surface area contributed by atoms with E-state index in [0.717, 1.165) is 76.8 Å². The second kappa shape index (κ2) is 19.1. The smallest absolute Gasteiger partial charge is 0.303 e. The van der Waals surface area contributed by atoms with Crippen LogP contribution in [0.15, 0.2) is 78.9 Å². The maximum atomic E-state index is 11.7. The van der Waals surface area contributed by atoms with Crippen LogP contribution in [0.2, 0.25) is 5.02 Å². The Bertz CT molecular complexity index is 1840. The van der Waals surface area contributed by atoms with Gasteiger partial charge in [-0.05, 0) is 112 Å². The van der Waals surface area contributed by atoms with Crippen LogP contribution >= 0.6 is 23.4 Å². The Labute approximate surface area is 332 Å². The van der Waals surface area contributed by atoms with Crippen LogP contribution in [-0.2, 0) is 21.6 Å². The predicted octanol–water partition coefficient (Wildman–Crippen LogP) is 12.0. The monoisotopic (exact) mass is 766 g/mol. The van der Waals surface area contributed by atoms with E-state index in [1.54, 1.807) is 0 Å². The summed E-state index contributed by atoms with van der Waals surface area (Å²) in [5.74, 6) is 0.559. The number of nitrogens with one attached hydrogen (secondary N) is 1. The maximum Gasteiger partial charge on any atom is 0.303 e. The summed E-state index contributed by atoms with van der Waals surface area (Å²) in [6.45, 7) is 5.16. The van der Waals surface area contributed by atoms with Gasteiger partial charge >= 0.3 is 5.97 Å². The van der Waals surface area contributed by atoms with Crippen molar-refractivity contribution in [3.05, 3.63) is 112 Å². The summed E-state index contributed by atoms with van der Waals surface area (Å²) in [5, 5.41) is 16.5. The molecule has 2 N–H and O–H groups in total. The van der Waals surface area contributed by atoms with Crippen LogP contribution in [-0.4, -0.2) is 39.5 Å². The number of aromatic nitrogens is 1. The van der Waals surface area contributed by atoms with E-state index in [1.807, 2.05) is 74.1 Å². The molecule has 7 rings (SSSR count). The fourth-order valence-corrected chi connectivity index (χ4v) is 9.70. The Balaban J connectivity index is 0.000000321. The van der Waals surface area contributed by atoms with Gasteiger partial charge in [-0.15, -0.1) is 11.8 Å². The number of halogens is 1. The number of carbonyl (C=O) groups is 1. The molecule has 5 nitrogen and oxygen atoms in total. The van der Waals surface area contributed by atoms with Crippen molar-refractivity contribution in [1.82, 2.24) is 10.3 Å². The lowest BCUT2D eigenvalue weighted by Gasteiger charge is -2.30. The number of ether oxygens (including phenoxy) is 1. The van der Waals surface area contributed by atoms with Gasteiger partial charge in [-0.25, -0.2) is 4.98 Å². The first-order valence-electron chi connectivity index (χ1n) is 20.3. The first kappa shape index (κ1) is 40.5. The van der Waals surface area contributed by atoms with Crippen LogP contribution < -0.4 is 5.32 Å². The molecule has 1 unspecified atom stereocenters. The van der Waals surface area contributed by atoms with Gasteiger partial charge < -0.3 is 15.2 Å². The highest BCUT2D eigenvalue weighted by Crippen LogP contribution is 2.46. The number of fused-ring (bicyclic) bond motifs is 1. The number of esters is 1. The lowest BCUT2D eigenvalue weighted by atomic mass is 9.90. The van der Waals surface area contributed by atoms with E-state index in [1.165, 1.54) is 76.7 Å². The number of hydrogen-bond donors (Lipinski definition) is 2. The van der Waals surface area contributed by atoms with Gasteiger partial charge in [0.1, 0.15) is 5.60 Å². The Hall–Kier alpha value is -3.16. The molecule has 0 saturated heterocycles. The molecule has 3 aliphatic rings. The summed E-state index contributed by atoms with van der Waals surface area (Å²) in [6, 6.07) is 28.3. The number of rotatable bonds is 13. The number of pyridine rings is 1. The minimum Gasteiger partial charge on any atom is -0.458 e. The van der Waals surface area contributed by atoms with E-state index in [0.29, 0.717) is 5.02 Å². The summed E-state index contributed by atoms with van der Waals surface area (Å²) in [4.78, 5) is 16.5. The molecule has 1 atom stereocenters. The number of carbonyl (C=O) groups excluding carboxylic acids is 1. The molecule has 0 bridgehead atoms. The SMILES string of the molecule is C1CCC(NC2CCCCC2)CC1.CC(=O)OC1(CSC(CCc2ccccc2C(C)(C)O)c2cccc(/C=C/c3ccc4ccc(Cl)cc4n3)c2)CC1. The third-order valence-corrected chi connectivity index (χ3v) is 13.0. The number of hydrogen-bond acceptors (Lipinski definition) is 6. The second-order valence-corrected chi connectivity index (χ2v) is 17.9. The first-order chi connectivity index (χ1) is 26.0. The van der Waals surface area contributed by atoms with Crippen LogP contribution in [0.5, 0.6) is 0 Å². The topological polar surface area (TPSA) is 71.5 Å². The second-order valence-electron chi connectivity index (χ2n) is 16.2. The van der Waals surface area contributed by atoms with Gasteiger partial charge in [0.15, 0.2) is 0 Å². The third kappa shape index (κ3) is 12.2. The average molecular weight is 768 g/mol. The van der Waals surface area contributed by atoms with E-state index < -0.39 is 5.60 Å². The third-order valence-electron chi connectivity index (χ3n) is 11.2. The molecule has 4 aromatic rings. The van der Waals surface area contributed by atoms with Crippen molar-refractivity contribution in [2.24, 2.45) is 0 Å². The number of benzene rings is 3. The van der Waals surface area contributed by atoms with Gasteiger partial charge in [-0.3, -0.25) is 4.79 Å². The Morgan fingerprint density at radius 3 is 2.28 bits per heavy atom. The molecule has 1 heterocycles. The lowest BCUT2D eigenvalue weighted by Crippen LogP contribution is -2.40.